The minimum absolute atomic E-state index is 0.278. The molecular weight excluding hydrogens is 270 g/mol. The van der Waals surface area contributed by atoms with E-state index in [1.807, 2.05) is 0 Å². The molecule has 1 aliphatic heterocycles. The molecule has 2 atom stereocenters. The monoisotopic (exact) mass is 287 g/mol. The van der Waals surface area contributed by atoms with E-state index >= 15 is 0 Å². The van der Waals surface area contributed by atoms with Crippen LogP contribution < -0.4 is 0 Å². The first-order valence-electron chi connectivity index (χ1n) is 7.23. The number of esters is 1. The zero-order chi connectivity index (χ0) is 15.0. The van der Waals surface area contributed by atoms with Crippen molar-refractivity contribution in [2.24, 2.45) is 0 Å². The third kappa shape index (κ3) is 2.33. The molecule has 0 aromatic heterocycles. The first-order chi connectivity index (χ1) is 10.1. The Hall–Kier alpha value is -2.17. The van der Waals surface area contributed by atoms with Crippen LogP contribution in [0.3, 0.4) is 0 Å². The predicted molar refractivity (Wildman–Crippen MR) is 74.8 cm³/mol. The van der Waals surface area contributed by atoms with Gasteiger partial charge < -0.3 is 4.74 Å². The SMILES string of the molecule is CC(=O)OC1CCCCC1N1C(=O)c2ccccc2C1=O. The summed E-state index contributed by atoms with van der Waals surface area (Å²) in [5, 5.41) is 0. The molecule has 0 bridgehead atoms. The Kier molecular flexibility index (Phi) is 3.49. The molecule has 1 heterocycles. The van der Waals surface area contributed by atoms with Gasteiger partial charge in [-0.3, -0.25) is 19.3 Å². The van der Waals surface area contributed by atoms with Crippen molar-refractivity contribution in [2.75, 3.05) is 0 Å². The van der Waals surface area contributed by atoms with Gasteiger partial charge in [0, 0.05) is 6.92 Å². The number of nitrogens with zero attached hydrogens (tertiary/aromatic N) is 1. The molecule has 110 valence electrons. The number of ether oxygens (including phenoxy) is 1. The molecule has 2 amide bonds. The lowest BCUT2D eigenvalue weighted by Crippen LogP contribution is -2.49. The maximum Gasteiger partial charge on any atom is 0.302 e. The molecule has 21 heavy (non-hydrogen) atoms. The maximum atomic E-state index is 12.5. The third-order valence-corrected chi connectivity index (χ3v) is 4.14. The molecule has 2 aliphatic rings. The van der Waals surface area contributed by atoms with E-state index in [9.17, 15) is 14.4 Å². The Morgan fingerprint density at radius 2 is 1.67 bits per heavy atom. The van der Waals surface area contributed by atoms with E-state index in [1.165, 1.54) is 11.8 Å². The second kappa shape index (κ2) is 5.31. The van der Waals surface area contributed by atoms with Crippen molar-refractivity contribution < 1.29 is 19.1 Å². The van der Waals surface area contributed by atoms with Crippen LogP contribution in [0, 0.1) is 0 Å². The summed E-state index contributed by atoms with van der Waals surface area (Å²) in [5.41, 5.74) is 0.879. The Bertz CT molecular complexity index is 575. The highest BCUT2D eigenvalue weighted by atomic mass is 16.5. The summed E-state index contributed by atoms with van der Waals surface area (Å²) >= 11 is 0. The van der Waals surface area contributed by atoms with E-state index in [1.54, 1.807) is 24.3 Å². The fraction of sp³-hybridized carbons (Fsp3) is 0.438. The topological polar surface area (TPSA) is 63.7 Å². The molecule has 5 nitrogen and oxygen atoms in total. The normalized spacial score (nSPS) is 24.9. The van der Waals surface area contributed by atoms with Gasteiger partial charge in [-0.1, -0.05) is 18.6 Å². The summed E-state index contributed by atoms with van der Waals surface area (Å²) < 4.78 is 5.33. The summed E-state index contributed by atoms with van der Waals surface area (Å²) in [7, 11) is 0. The van der Waals surface area contributed by atoms with Crippen LogP contribution in [-0.2, 0) is 9.53 Å². The van der Waals surface area contributed by atoms with Crippen LogP contribution >= 0.6 is 0 Å². The standard InChI is InChI=1S/C16H17NO4/c1-10(18)21-14-9-5-4-8-13(14)17-15(19)11-6-2-3-7-12(11)16(17)20/h2-3,6-7,13-14H,4-5,8-9H2,1H3. The second-order valence-corrected chi connectivity index (χ2v) is 5.53. The van der Waals surface area contributed by atoms with Gasteiger partial charge in [0.1, 0.15) is 6.10 Å². The average molecular weight is 287 g/mol. The van der Waals surface area contributed by atoms with E-state index in [-0.39, 0.29) is 23.8 Å². The molecule has 0 saturated heterocycles. The lowest BCUT2D eigenvalue weighted by molar-refractivity contribution is -0.150. The van der Waals surface area contributed by atoms with Gasteiger partial charge in [-0.05, 0) is 31.4 Å². The van der Waals surface area contributed by atoms with Gasteiger partial charge in [-0.2, -0.15) is 0 Å². The van der Waals surface area contributed by atoms with Gasteiger partial charge >= 0.3 is 5.97 Å². The number of benzene rings is 1. The maximum absolute atomic E-state index is 12.5. The van der Waals surface area contributed by atoms with Crippen LogP contribution in [0.1, 0.15) is 53.3 Å². The van der Waals surface area contributed by atoms with Crippen LogP contribution in [-0.4, -0.2) is 34.8 Å². The first kappa shape index (κ1) is 13.8. The minimum atomic E-state index is -0.390. The molecule has 1 aromatic rings. The number of rotatable bonds is 2. The molecule has 1 aliphatic carbocycles. The molecular formula is C16H17NO4. The zero-order valence-electron chi connectivity index (χ0n) is 11.9. The number of carbonyl (C=O) groups is 3. The fourth-order valence-corrected chi connectivity index (χ4v) is 3.23. The summed E-state index contributed by atoms with van der Waals surface area (Å²) in [4.78, 5) is 37.5. The zero-order valence-corrected chi connectivity index (χ0v) is 11.9. The van der Waals surface area contributed by atoms with E-state index in [4.69, 9.17) is 4.74 Å². The number of fused-ring (bicyclic) bond motifs is 1. The Labute approximate surface area is 122 Å². The van der Waals surface area contributed by atoms with Crippen molar-refractivity contribution in [3.05, 3.63) is 35.4 Å². The van der Waals surface area contributed by atoms with Crippen LogP contribution in [0.4, 0.5) is 0 Å². The number of hydrogen-bond donors (Lipinski definition) is 0. The number of hydrogen-bond acceptors (Lipinski definition) is 4. The Balaban J connectivity index is 1.91. The predicted octanol–water partition coefficient (Wildman–Crippen LogP) is 2.16. The molecule has 3 rings (SSSR count). The first-order valence-corrected chi connectivity index (χ1v) is 7.23. The molecule has 2 unspecified atom stereocenters. The fourth-order valence-electron chi connectivity index (χ4n) is 3.23. The summed E-state index contributed by atoms with van der Waals surface area (Å²) in [6.45, 7) is 1.36. The lowest BCUT2D eigenvalue weighted by Gasteiger charge is -2.35. The van der Waals surface area contributed by atoms with Gasteiger partial charge in [0.2, 0.25) is 0 Å². The molecule has 5 heteroatoms. The average Bonchev–Trinajstić information content (AvgIpc) is 2.72. The van der Waals surface area contributed by atoms with E-state index in [0.717, 1.165) is 12.8 Å². The lowest BCUT2D eigenvalue weighted by atomic mass is 9.91. The van der Waals surface area contributed by atoms with Gasteiger partial charge in [0.05, 0.1) is 17.2 Å². The number of carbonyl (C=O) groups excluding carboxylic acids is 3. The van der Waals surface area contributed by atoms with Crippen molar-refractivity contribution in [1.29, 1.82) is 0 Å². The molecule has 0 N–H and O–H groups in total. The van der Waals surface area contributed by atoms with Crippen molar-refractivity contribution in [1.82, 2.24) is 4.90 Å². The van der Waals surface area contributed by atoms with Gasteiger partial charge in [-0.15, -0.1) is 0 Å². The Morgan fingerprint density at radius 3 is 2.24 bits per heavy atom. The summed E-state index contributed by atoms with van der Waals surface area (Å²) in [6, 6.07) is 6.48. The number of amides is 2. The van der Waals surface area contributed by atoms with Crippen LogP contribution in [0.15, 0.2) is 24.3 Å². The second-order valence-electron chi connectivity index (χ2n) is 5.53. The highest BCUT2D eigenvalue weighted by Crippen LogP contribution is 2.32. The van der Waals surface area contributed by atoms with E-state index < -0.39 is 6.10 Å². The van der Waals surface area contributed by atoms with Gasteiger partial charge in [0.15, 0.2) is 0 Å². The van der Waals surface area contributed by atoms with E-state index in [0.29, 0.717) is 24.0 Å². The third-order valence-electron chi connectivity index (χ3n) is 4.14. The molecule has 0 spiro atoms. The molecule has 1 fully saturated rings. The van der Waals surface area contributed by atoms with Crippen molar-refractivity contribution in [3.63, 3.8) is 0 Å². The quantitative estimate of drug-likeness (QED) is 0.617. The van der Waals surface area contributed by atoms with E-state index in [2.05, 4.69) is 0 Å². The van der Waals surface area contributed by atoms with Gasteiger partial charge in [0.25, 0.3) is 11.8 Å². The van der Waals surface area contributed by atoms with Crippen molar-refractivity contribution >= 4 is 17.8 Å². The summed E-state index contributed by atoms with van der Waals surface area (Å²) in [5.74, 6) is -0.928. The minimum Gasteiger partial charge on any atom is -0.460 e. The molecule has 0 radical (unpaired) electrons. The van der Waals surface area contributed by atoms with Crippen LogP contribution in [0.5, 0.6) is 0 Å². The largest absolute Gasteiger partial charge is 0.460 e. The highest BCUT2D eigenvalue weighted by molar-refractivity contribution is 6.21. The Morgan fingerprint density at radius 1 is 1.10 bits per heavy atom. The number of imide groups is 1. The van der Waals surface area contributed by atoms with Crippen LogP contribution in [0.25, 0.3) is 0 Å². The molecule has 1 aromatic carbocycles. The van der Waals surface area contributed by atoms with Crippen molar-refractivity contribution in [2.45, 2.75) is 44.8 Å². The highest BCUT2D eigenvalue weighted by Gasteiger charge is 2.44. The smallest absolute Gasteiger partial charge is 0.302 e. The van der Waals surface area contributed by atoms with Crippen molar-refractivity contribution in [3.8, 4) is 0 Å². The molecule has 1 saturated carbocycles. The van der Waals surface area contributed by atoms with Crippen LogP contribution in [0.2, 0.25) is 0 Å². The summed E-state index contributed by atoms with van der Waals surface area (Å²) in [6.07, 6.45) is 2.85. The van der Waals surface area contributed by atoms with Gasteiger partial charge in [-0.25, -0.2) is 0 Å².